The monoisotopic (exact) mass is 228 g/mol. The molecule has 2 fully saturated rings. The maximum atomic E-state index is 12.1. The van der Waals surface area contributed by atoms with Crippen LogP contribution in [0, 0.1) is 23.2 Å². The van der Waals surface area contributed by atoms with Crippen LogP contribution in [0.25, 0.3) is 0 Å². The van der Waals surface area contributed by atoms with Gasteiger partial charge in [0.05, 0.1) is 0 Å². The van der Waals surface area contributed by atoms with Crippen LogP contribution in [-0.4, -0.2) is 11.2 Å². The van der Waals surface area contributed by atoms with E-state index in [9.17, 15) is 4.79 Å². The molecular weight excluding hydrogens is 208 g/mol. The summed E-state index contributed by atoms with van der Waals surface area (Å²) in [5.41, 5.74) is 0.222. The smallest absolute Gasteiger partial charge is 0.136 e. The molecule has 2 aliphatic rings. The number of alkyl halides is 1. The Bertz CT molecular complexity index is 276. The molecule has 2 heteroatoms. The molecule has 0 amide bonds. The summed E-state index contributed by atoms with van der Waals surface area (Å²) < 4.78 is 0. The lowest BCUT2D eigenvalue weighted by Gasteiger charge is -2.51. The summed E-state index contributed by atoms with van der Waals surface area (Å²) in [6, 6.07) is 0. The molecule has 1 nitrogen and oxygen atoms in total. The molecule has 0 saturated heterocycles. The fraction of sp³-hybridized carbons (Fsp3) is 0.923. The summed E-state index contributed by atoms with van der Waals surface area (Å²) in [6.45, 7) is 6.84. The van der Waals surface area contributed by atoms with Crippen molar-refractivity contribution < 1.29 is 4.79 Å². The Morgan fingerprint density at radius 2 is 2.07 bits per heavy atom. The van der Waals surface area contributed by atoms with Crippen LogP contribution in [-0.2, 0) is 4.79 Å². The molecule has 0 aromatic carbocycles. The van der Waals surface area contributed by atoms with Crippen molar-refractivity contribution in [2.75, 3.05) is 0 Å². The van der Waals surface area contributed by atoms with Crippen molar-refractivity contribution in [1.82, 2.24) is 0 Å². The van der Waals surface area contributed by atoms with E-state index in [0.29, 0.717) is 17.6 Å². The largest absolute Gasteiger partial charge is 0.299 e. The summed E-state index contributed by atoms with van der Waals surface area (Å²) in [7, 11) is 0. The van der Waals surface area contributed by atoms with Gasteiger partial charge in [-0.3, -0.25) is 4.79 Å². The third kappa shape index (κ3) is 1.73. The average molecular weight is 229 g/mol. The van der Waals surface area contributed by atoms with Gasteiger partial charge in [-0.1, -0.05) is 20.8 Å². The highest BCUT2D eigenvalue weighted by Crippen LogP contribution is 2.54. The Morgan fingerprint density at radius 3 is 2.73 bits per heavy atom. The zero-order valence-electron chi connectivity index (χ0n) is 9.92. The highest BCUT2D eigenvalue weighted by molar-refractivity contribution is 6.20. The van der Waals surface area contributed by atoms with Crippen LogP contribution in [0.1, 0.15) is 46.5 Å². The van der Waals surface area contributed by atoms with Crippen molar-refractivity contribution in [1.29, 1.82) is 0 Å². The van der Waals surface area contributed by atoms with E-state index in [2.05, 4.69) is 20.8 Å². The normalized spacial score (nSPS) is 51.3. The van der Waals surface area contributed by atoms with E-state index in [1.54, 1.807) is 0 Å². The van der Waals surface area contributed by atoms with Gasteiger partial charge in [0.25, 0.3) is 0 Å². The molecule has 0 N–H and O–H groups in total. The first-order valence-electron chi connectivity index (χ1n) is 6.12. The Kier molecular flexibility index (Phi) is 2.87. The second kappa shape index (κ2) is 3.76. The van der Waals surface area contributed by atoms with Gasteiger partial charge in [0.15, 0.2) is 0 Å². The van der Waals surface area contributed by atoms with Crippen LogP contribution < -0.4 is 0 Å². The van der Waals surface area contributed by atoms with Crippen LogP contribution in [0.4, 0.5) is 0 Å². The zero-order valence-corrected chi connectivity index (χ0v) is 10.7. The number of hydrogen-bond donors (Lipinski definition) is 0. The molecule has 0 aliphatic heterocycles. The van der Waals surface area contributed by atoms with Crippen molar-refractivity contribution in [3.05, 3.63) is 0 Å². The van der Waals surface area contributed by atoms with Crippen molar-refractivity contribution in [2.45, 2.75) is 51.8 Å². The first-order chi connectivity index (χ1) is 6.95. The van der Waals surface area contributed by atoms with E-state index in [1.165, 1.54) is 0 Å². The second-order valence-electron chi connectivity index (χ2n) is 5.87. The van der Waals surface area contributed by atoms with Gasteiger partial charge in [-0.25, -0.2) is 0 Å². The molecule has 0 aromatic heterocycles. The maximum Gasteiger partial charge on any atom is 0.136 e. The Labute approximate surface area is 97.6 Å². The molecule has 0 bridgehead atoms. The molecule has 0 radical (unpaired) electrons. The third-order valence-electron chi connectivity index (χ3n) is 5.09. The van der Waals surface area contributed by atoms with E-state index < -0.39 is 0 Å². The molecule has 0 heterocycles. The molecule has 2 aliphatic carbocycles. The van der Waals surface area contributed by atoms with Crippen LogP contribution in [0.2, 0.25) is 0 Å². The van der Waals surface area contributed by atoms with Crippen LogP contribution in [0.5, 0.6) is 0 Å². The molecule has 15 heavy (non-hydrogen) atoms. The first-order valence-corrected chi connectivity index (χ1v) is 6.55. The zero-order chi connectivity index (χ0) is 11.2. The van der Waals surface area contributed by atoms with Crippen molar-refractivity contribution in [3.8, 4) is 0 Å². The van der Waals surface area contributed by atoms with E-state index in [4.69, 9.17) is 11.6 Å². The molecule has 0 spiro atoms. The molecule has 0 unspecified atom stereocenters. The predicted molar refractivity (Wildman–Crippen MR) is 63.0 cm³/mol. The molecule has 2 saturated carbocycles. The van der Waals surface area contributed by atoms with Crippen molar-refractivity contribution in [2.24, 2.45) is 23.2 Å². The molecular formula is C13H21ClO. The number of halogens is 1. The summed E-state index contributed by atoms with van der Waals surface area (Å²) in [6.07, 6.45) is 3.89. The molecule has 5 atom stereocenters. The highest BCUT2D eigenvalue weighted by atomic mass is 35.5. The van der Waals surface area contributed by atoms with E-state index >= 15 is 0 Å². The van der Waals surface area contributed by atoms with Gasteiger partial charge in [0.1, 0.15) is 5.78 Å². The third-order valence-corrected chi connectivity index (χ3v) is 5.49. The number of rotatable bonds is 0. The van der Waals surface area contributed by atoms with Gasteiger partial charge in [0, 0.05) is 17.7 Å². The fourth-order valence-electron chi connectivity index (χ4n) is 3.62. The van der Waals surface area contributed by atoms with E-state index in [0.717, 1.165) is 25.7 Å². The van der Waals surface area contributed by atoms with Crippen LogP contribution in [0.3, 0.4) is 0 Å². The van der Waals surface area contributed by atoms with Gasteiger partial charge < -0.3 is 0 Å². The Hall–Kier alpha value is -0.0400. The summed E-state index contributed by atoms with van der Waals surface area (Å²) >= 11 is 6.20. The second-order valence-corrected chi connectivity index (χ2v) is 6.48. The van der Waals surface area contributed by atoms with Gasteiger partial charge in [-0.05, 0) is 36.5 Å². The predicted octanol–water partition coefficient (Wildman–Crippen LogP) is 3.65. The minimum absolute atomic E-state index is 0.222. The number of Topliss-reactive ketones (excluding diaryl/α,β-unsaturated/α-hetero) is 1. The molecule has 2 rings (SSSR count). The highest BCUT2D eigenvalue weighted by Gasteiger charge is 2.51. The molecule has 86 valence electrons. The van der Waals surface area contributed by atoms with Gasteiger partial charge in [-0.2, -0.15) is 0 Å². The lowest BCUT2D eigenvalue weighted by Crippen LogP contribution is -2.49. The number of carbonyl (C=O) groups is 1. The van der Waals surface area contributed by atoms with Gasteiger partial charge >= 0.3 is 0 Å². The Balaban J connectivity index is 2.27. The van der Waals surface area contributed by atoms with Crippen molar-refractivity contribution in [3.63, 3.8) is 0 Å². The van der Waals surface area contributed by atoms with E-state index in [-0.39, 0.29) is 16.7 Å². The first kappa shape index (κ1) is 11.4. The lowest BCUT2D eigenvalue weighted by atomic mass is 9.53. The summed E-state index contributed by atoms with van der Waals surface area (Å²) in [5, 5.41) is 0.229. The van der Waals surface area contributed by atoms with Crippen LogP contribution in [0.15, 0.2) is 0 Å². The van der Waals surface area contributed by atoms with Crippen LogP contribution >= 0.6 is 11.6 Å². The quantitative estimate of drug-likeness (QED) is 0.579. The Morgan fingerprint density at radius 1 is 1.40 bits per heavy atom. The molecule has 0 aromatic rings. The minimum atomic E-state index is 0.222. The van der Waals surface area contributed by atoms with Gasteiger partial charge in [0.2, 0.25) is 0 Å². The maximum absolute atomic E-state index is 12.1. The lowest BCUT2D eigenvalue weighted by molar-refractivity contribution is -0.139. The average Bonchev–Trinajstić information content (AvgIpc) is 2.18. The minimum Gasteiger partial charge on any atom is -0.299 e. The number of carbonyl (C=O) groups excluding carboxylic acids is 1. The number of fused-ring (bicyclic) bond motifs is 1. The topological polar surface area (TPSA) is 17.1 Å². The summed E-state index contributed by atoms with van der Waals surface area (Å²) in [4.78, 5) is 12.1. The van der Waals surface area contributed by atoms with E-state index in [1.807, 2.05) is 0 Å². The summed E-state index contributed by atoms with van der Waals surface area (Å²) in [5.74, 6) is 1.91. The number of hydrogen-bond acceptors (Lipinski definition) is 1. The van der Waals surface area contributed by atoms with Crippen molar-refractivity contribution >= 4 is 17.4 Å². The SMILES string of the molecule is C[C@@H]1CC(=O)[C@H]2C[C@H](Cl)CC[C@]2(C)[C@@H]1C. The van der Waals surface area contributed by atoms with Gasteiger partial charge in [-0.15, -0.1) is 11.6 Å². The number of ketones is 1. The standard InChI is InChI=1S/C13H21ClO/c1-8-6-12(15)11-7-10(14)4-5-13(11,3)9(8)2/h8-11H,4-7H2,1-3H3/t8-,9-,10-,11-,13-/m1/s1. The fourth-order valence-corrected chi connectivity index (χ4v) is 3.90.